The van der Waals surface area contributed by atoms with E-state index in [-0.39, 0.29) is 17.7 Å². The number of nitrogens with one attached hydrogen (secondary N) is 1. The summed E-state index contributed by atoms with van der Waals surface area (Å²) in [5.41, 5.74) is 1.70. The number of anilines is 1. The van der Waals surface area contributed by atoms with E-state index in [1.54, 1.807) is 30.3 Å². The van der Waals surface area contributed by atoms with Gasteiger partial charge in [0.1, 0.15) is 5.15 Å². The third-order valence-corrected chi connectivity index (χ3v) is 3.18. The van der Waals surface area contributed by atoms with E-state index in [1.807, 2.05) is 0 Å². The number of pyridine rings is 1. The maximum absolute atomic E-state index is 12.0. The number of halogens is 2. The van der Waals surface area contributed by atoms with Gasteiger partial charge < -0.3 is 10.4 Å². The minimum absolute atomic E-state index is 0.0321. The zero-order chi connectivity index (χ0) is 13.8. The standard InChI is InChI=1S/C13H10BrClN2O2/c14-9-5-11(12(15)16-6-9)13(19)17-10-3-1-8(7-18)2-4-10/h1-6,18H,7H2,(H,17,19). The lowest BCUT2D eigenvalue weighted by molar-refractivity contribution is 0.102. The van der Waals surface area contributed by atoms with Crippen LogP contribution in [0, 0.1) is 0 Å². The molecule has 0 spiro atoms. The maximum Gasteiger partial charge on any atom is 0.258 e. The van der Waals surface area contributed by atoms with E-state index >= 15 is 0 Å². The van der Waals surface area contributed by atoms with E-state index in [4.69, 9.17) is 16.7 Å². The summed E-state index contributed by atoms with van der Waals surface area (Å²) in [5.74, 6) is -0.337. The van der Waals surface area contributed by atoms with Crippen molar-refractivity contribution >= 4 is 39.1 Å². The summed E-state index contributed by atoms with van der Waals surface area (Å²) < 4.78 is 0.678. The highest BCUT2D eigenvalue weighted by atomic mass is 79.9. The van der Waals surface area contributed by atoms with Crippen LogP contribution in [0.1, 0.15) is 15.9 Å². The van der Waals surface area contributed by atoms with E-state index in [0.717, 1.165) is 5.56 Å². The summed E-state index contributed by atoms with van der Waals surface area (Å²) in [7, 11) is 0. The lowest BCUT2D eigenvalue weighted by Gasteiger charge is -2.07. The number of carbonyl (C=O) groups is 1. The second-order valence-electron chi connectivity index (χ2n) is 3.80. The Labute approximate surface area is 123 Å². The molecule has 0 saturated heterocycles. The van der Waals surface area contributed by atoms with Gasteiger partial charge in [0.15, 0.2) is 0 Å². The van der Waals surface area contributed by atoms with E-state index in [9.17, 15) is 4.79 Å². The van der Waals surface area contributed by atoms with Crippen LogP contribution in [0.3, 0.4) is 0 Å². The molecule has 1 aromatic carbocycles. The molecule has 1 heterocycles. The molecule has 2 N–H and O–H groups in total. The fourth-order valence-electron chi connectivity index (χ4n) is 1.47. The zero-order valence-corrected chi connectivity index (χ0v) is 12.1. The molecule has 19 heavy (non-hydrogen) atoms. The topological polar surface area (TPSA) is 62.2 Å². The Balaban J connectivity index is 2.18. The van der Waals surface area contributed by atoms with E-state index < -0.39 is 0 Å². The molecule has 0 radical (unpaired) electrons. The minimum Gasteiger partial charge on any atom is -0.392 e. The molecular formula is C13H10BrClN2O2. The summed E-state index contributed by atoms with van der Waals surface area (Å²) >= 11 is 9.12. The van der Waals surface area contributed by atoms with Crippen LogP contribution in [0.5, 0.6) is 0 Å². The van der Waals surface area contributed by atoms with E-state index in [2.05, 4.69) is 26.2 Å². The van der Waals surface area contributed by atoms with Crippen molar-refractivity contribution in [2.24, 2.45) is 0 Å². The number of hydrogen-bond donors (Lipinski definition) is 2. The van der Waals surface area contributed by atoms with Gasteiger partial charge in [-0.25, -0.2) is 4.98 Å². The summed E-state index contributed by atoms with van der Waals surface area (Å²) in [4.78, 5) is 15.9. The largest absolute Gasteiger partial charge is 0.392 e. The van der Waals surface area contributed by atoms with Crippen molar-refractivity contribution in [1.29, 1.82) is 0 Å². The molecule has 6 heteroatoms. The fraction of sp³-hybridized carbons (Fsp3) is 0.0769. The fourth-order valence-corrected chi connectivity index (χ4v) is 1.99. The molecule has 0 aliphatic heterocycles. The molecule has 2 aromatic rings. The summed E-state index contributed by atoms with van der Waals surface area (Å²) in [6.07, 6.45) is 1.52. The van der Waals surface area contributed by atoms with Gasteiger partial charge >= 0.3 is 0 Å². The van der Waals surface area contributed by atoms with Crippen LogP contribution in [0.4, 0.5) is 5.69 Å². The van der Waals surface area contributed by atoms with E-state index in [1.165, 1.54) is 6.20 Å². The van der Waals surface area contributed by atoms with Crippen molar-refractivity contribution in [3.8, 4) is 0 Å². The number of aromatic nitrogens is 1. The van der Waals surface area contributed by atoms with Crippen molar-refractivity contribution in [1.82, 2.24) is 4.98 Å². The highest BCUT2D eigenvalue weighted by Gasteiger charge is 2.12. The first kappa shape index (κ1) is 14.0. The van der Waals surface area contributed by atoms with Crippen LogP contribution in [0.2, 0.25) is 5.15 Å². The summed E-state index contributed by atoms with van der Waals surface area (Å²) in [6, 6.07) is 8.49. The Morgan fingerprint density at radius 1 is 1.37 bits per heavy atom. The van der Waals surface area contributed by atoms with Gasteiger partial charge in [-0.2, -0.15) is 0 Å². The predicted octanol–water partition coefficient (Wildman–Crippen LogP) is 3.24. The Morgan fingerprint density at radius 3 is 2.68 bits per heavy atom. The van der Waals surface area contributed by atoms with Crippen molar-refractivity contribution in [3.63, 3.8) is 0 Å². The molecule has 0 atom stereocenters. The summed E-state index contributed by atoms with van der Waals surface area (Å²) in [6.45, 7) is -0.0321. The van der Waals surface area contributed by atoms with Crippen LogP contribution >= 0.6 is 27.5 Å². The van der Waals surface area contributed by atoms with Crippen molar-refractivity contribution in [3.05, 3.63) is 57.3 Å². The van der Waals surface area contributed by atoms with Gasteiger partial charge in [-0.1, -0.05) is 23.7 Å². The SMILES string of the molecule is O=C(Nc1ccc(CO)cc1)c1cc(Br)cnc1Cl. The zero-order valence-electron chi connectivity index (χ0n) is 9.73. The summed E-state index contributed by atoms with van der Waals surface area (Å²) in [5, 5.41) is 11.8. The lowest BCUT2D eigenvalue weighted by Crippen LogP contribution is -2.13. The number of rotatable bonds is 3. The molecule has 0 saturated carbocycles. The number of carbonyl (C=O) groups excluding carboxylic acids is 1. The second kappa shape index (κ2) is 6.14. The third-order valence-electron chi connectivity index (χ3n) is 2.44. The highest BCUT2D eigenvalue weighted by Crippen LogP contribution is 2.19. The molecule has 4 nitrogen and oxygen atoms in total. The molecule has 0 unspecified atom stereocenters. The van der Waals surface area contributed by atoms with Gasteiger partial charge in [0.05, 0.1) is 12.2 Å². The van der Waals surface area contributed by atoms with Crippen LogP contribution in [-0.4, -0.2) is 16.0 Å². The molecule has 0 bridgehead atoms. The number of amides is 1. The Bertz CT molecular complexity index is 602. The van der Waals surface area contributed by atoms with Crippen LogP contribution in [-0.2, 0) is 6.61 Å². The molecule has 1 amide bonds. The van der Waals surface area contributed by atoms with Crippen molar-refractivity contribution < 1.29 is 9.90 Å². The second-order valence-corrected chi connectivity index (χ2v) is 5.07. The van der Waals surface area contributed by atoms with Gasteiger partial charge in [0.2, 0.25) is 0 Å². The molecule has 0 aliphatic carbocycles. The van der Waals surface area contributed by atoms with Gasteiger partial charge in [0.25, 0.3) is 5.91 Å². The van der Waals surface area contributed by atoms with Gasteiger partial charge in [0, 0.05) is 16.4 Å². The van der Waals surface area contributed by atoms with Crippen LogP contribution in [0.15, 0.2) is 41.0 Å². The Hall–Kier alpha value is -1.43. The predicted molar refractivity (Wildman–Crippen MR) is 77.3 cm³/mol. The lowest BCUT2D eigenvalue weighted by atomic mass is 10.2. The van der Waals surface area contributed by atoms with Crippen molar-refractivity contribution in [2.75, 3.05) is 5.32 Å². The Morgan fingerprint density at radius 2 is 2.05 bits per heavy atom. The maximum atomic E-state index is 12.0. The normalized spacial score (nSPS) is 10.3. The molecule has 2 rings (SSSR count). The number of aliphatic hydroxyl groups is 1. The molecule has 1 aromatic heterocycles. The van der Waals surface area contributed by atoms with Gasteiger partial charge in [-0.15, -0.1) is 0 Å². The van der Waals surface area contributed by atoms with Crippen LogP contribution in [0.25, 0.3) is 0 Å². The first-order valence-electron chi connectivity index (χ1n) is 5.42. The van der Waals surface area contributed by atoms with E-state index in [0.29, 0.717) is 15.7 Å². The molecule has 0 fully saturated rings. The number of nitrogens with zero attached hydrogens (tertiary/aromatic N) is 1. The van der Waals surface area contributed by atoms with Gasteiger partial charge in [-0.05, 0) is 39.7 Å². The number of benzene rings is 1. The minimum atomic E-state index is -0.337. The van der Waals surface area contributed by atoms with Gasteiger partial charge in [-0.3, -0.25) is 4.79 Å². The quantitative estimate of drug-likeness (QED) is 0.843. The first-order valence-corrected chi connectivity index (χ1v) is 6.59. The Kier molecular flexibility index (Phi) is 4.52. The smallest absolute Gasteiger partial charge is 0.258 e. The van der Waals surface area contributed by atoms with Crippen molar-refractivity contribution in [2.45, 2.75) is 6.61 Å². The monoisotopic (exact) mass is 340 g/mol. The average Bonchev–Trinajstić information content (AvgIpc) is 2.42. The molecular weight excluding hydrogens is 332 g/mol. The third kappa shape index (κ3) is 3.53. The number of hydrogen-bond acceptors (Lipinski definition) is 3. The van der Waals surface area contributed by atoms with Crippen LogP contribution < -0.4 is 5.32 Å². The molecule has 0 aliphatic rings. The molecule has 98 valence electrons. The average molecular weight is 342 g/mol. The number of aliphatic hydroxyl groups excluding tert-OH is 1. The highest BCUT2D eigenvalue weighted by molar-refractivity contribution is 9.10. The first-order chi connectivity index (χ1) is 9.10.